The van der Waals surface area contributed by atoms with Crippen molar-refractivity contribution in [2.75, 3.05) is 6.54 Å². The summed E-state index contributed by atoms with van der Waals surface area (Å²) >= 11 is 0. The fourth-order valence-electron chi connectivity index (χ4n) is 3.55. The highest BCUT2D eigenvalue weighted by Crippen LogP contribution is 2.12. The number of hydrogen-bond donors (Lipinski definition) is 2. The van der Waals surface area contributed by atoms with Gasteiger partial charge >= 0.3 is 5.97 Å². The molecule has 6 nitrogen and oxygen atoms in total. The zero-order valence-corrected chi connectivity index (χ0v) is 19.9. The summed E-state index contributed by atoms with van der Waals surface area (Å²) in [5.74, 6) is -0.890. The molecule has 2 unspecified atom stereocenters. The van der Waals surface area contributed by atoms with Crippen molar-refractivity contribution in [1.29, 1.82) is 0 Å². The third kappa shape index (κ3) is 20.0. The van der Waals surface area contributed by atoms with Crippen molar-refractivity contribution in [2.45, 2.75) is 122 Å². The Hall–Kier alpha value is -1.69. The van der Waals surface area contributed by atoms with E-state index in [0.29, 0.717) is 25.2 Å². The number of aldehydes is 1. The van der Waals surface area contributed by atoms with Crippen molar-refractivity contribution in [3.8, 4) is 0 Å². The summed E-state index contributed by atoms with van der Waals surface area (Å²) in [5.41, 5.74) is 5.06. The fourth-order valence-corrected chi connectivity index (χ4v) is 3.55. The van der Waals surface area contributed by atoms with Gasteiger partial charge in [0.1, 0.15) is 0 Å². The molecule has 2 atom stereocenters. The molecule has 0 rings (SSSR count). The van der Waals surface area contributed by atoms with E-state index < -0.39 is 18.0 Å². The number of allylic oxidation sites excluding steroid dienone is 2. The van der Waals surface area contributed by atoms with Crippen LogP contribution in [-0.2, 0) is 19.1 Å². The number of rotatable bonds is 22. The van der Waals surface area contributed by atoms with Crippen LogP contribution < -0.4 is 11.1 Å². The van der Waals surface area contributed by atoms with Crippen LogP contribution in [0.4, 0.5) is 0 Å². The first-order chi connectivity index (χ1) is 15.0. The highest BCUT2D eigenvalue weighted by atomic mass is 16.5. The Morgan fingerprint density at radius 1 is 0.871 bits per heavy atom. The maximum absolute atomic E-state index is 11.8. The number of nitrogens with one attached hydrogen (secondary N) is 1. The molecule has 0 spiro atoms. The first-order valence-corrected chi connectivity index (χ1v) is 12.3. The lowest BCUT2D eigenvalue weighted by Crippen LogP contribution is -2.31. The predicted octanol–water partition coefficient (Wildman–Crippen LogP) is 4.99. The Morgan fingerprint density at radius 2 is 1.55 bits per heavy atom. The fraction of sp³-hybridized carbons (Fsp3) is 0.800. The number of ether oxygens (including phenoxy) is 1. The minimum absolute atomic E-state index is 0.106. The van der Waals surface area contributed by atoms with Crippen molar-refractivity contribution in [1.82, 2.24) is 5.32 Å². The average molecular weight is 439 g/mol. The summed E-state index contributed by atoms with van der Waals surface area (Å²) in [7, 11) is 0. The molecule has 180 valence electrons. The summed E-state index contributed by atoms with van der Waals surface area (Å²) in [4.78, 5) is 33.8. The van der Waals surface area contributed by atoms with E-state index in [4.69, 9.17) is 10.5 Å². The van der Waals surface area contributed by atoms with E-state index in [2.05, 4.69) is 31.3 Å². The lowest BCUT2D eigenvalue weighted by Gasteiger charge is -2.19. The molecule has 0 aromatic carbocycles. The molecule has 0 fully saturated rings. The first-order valence-electron chi connectivity index (χ1n) is 12.3. The third-order valence-corrected chi connectivity index (χ3v) is 5.35. The molecule has 31 heavy (non-hydrogen) atoms. The number of amides is 1. The zero-order chi connectivity index (χ0) is 23.2. The molecule has 0 aliphatic carbocycles. The Kier molecular flexibility index (Phi) is 20.4. The van der Waals surface area contributed by atoms with Crippen LogP contribution in [0, 0.1) is 0 Å². The molecule has 0 aromatic rings. The Morgan fingerprint density at radius 3 is 2.19 bits per heavy atom. The predicted molar refractivity (Wildman–Crippen MR) is 127 cm³/mol. The Bertz CT molecular complexity index is 494. The number of unbranched alkanes of at least 4 members (excludes halogenated alkanes) is 7. The van der Waals surface area contributed by atoms with Gasteiger partial charge in [0, 0.05) is 18.9 Å². The second-order valence-electron chi connectivity index (χ2n) is 8.27. The van der Waals surface area contributed by atoms with Gasteiger partial charge in [0.25, 0.3) is 0 Å². The minimum atomic E-state index is -0.723. The normalized spacial score (nSPS) is 13.2. The number of esters is 1. The smallest absolute Gasteiger partial charge is 0.306 e. The second kappa shape index (κ2) is 21.5. The Labute approximate surface area is 189 Å². The van der Waals surface area contributed by atoms with Crippen molar-refractivity contribution >= 4 is 18.2 Å². The molecule has 0 aromatic heterocycles. The molecule has 0 radical (unpaired) electrons. The SMILES string of the molecule is CCCCCCCC/C=C\CCCC(CCC(C=O)OC(=O)CCCC(N)=O)NCC. The van der Waals surface area contributed by atoms with Gasteiger partial charge in [0.2, 0.25) is 5.91 Å². The number of hydrogen-bond acceptors (Lipinski definition) is 5. The lowest BCUT2D eigenvalue weighted by molar-refractivity contribution is -0.152. The molecule has 0 aliphatic rings. The molecule has 3 N–H and O–H groups in total. The van der Waals surface area contributed by atoms with Gasteiger partial charge < -0.3 is 15.8 Å². The molecule has 0 saturated carbocycles. The van der Waals surface area contributed by atoms with E-state index in [0.717, 1.165) is 32.2 Å². The number of primary amides is 1. The zero-order valence-electron chi connectivity index (χ0n) is 19.9. The van der Waals surface area contributed by atoms with E-state index in [1.807, 2.05) is 0 Å². The molecule has 0 heterocycles. The monoisotopic (exact) mass is 438 g/mol. The lowest BCUT2D eigenvalue weighted by atomic mass is 10.0. The highest BCUT2D eigenvalue weighted by Gasteiger charge is 2.16. The van der Waals surface area contributed by atoms with Crippen LogP contribution in [0.3, 0.4) is 0 Å². The van der Waals surface area contributed by atoms with Crippen LogP contribution in [-0.4, -0.2) is 36.9 Å². The summed E-state index contributed by atoms with van der Waals surface area (Å²) in [6.45, 7) is 5.19. The van der Waals surface area contributed by atoms with Crippen LogP contribution in [0.5, 0.6) is 0 Å². The van der Waals surface area contributed by atoms with Gasteiger partial charge in [0.15, 0.2) is 12.4 Å². The quantitative estimate of drug-likeness (QED) is 0.107. The van der Waals surface area contributed by atoms with Crippen molar-refractivity contribution in [2.24, 2.45) is 5.73 Å². The number of carbonyl (C=O) groups is 3. The largest absolute Gasteiger partial charge is 0.455 e. The molecule has 1 amide bonds. The molecule has 6 heteroatoms. The van der Waals surface area contributed by atoms with Gasteiger partial charge in [0.05, 0.1) is 0 Å². The summed E-state index contributed by atoms with van der Waals surface area (Å²) in [6.07, 6.45) is 18.9. The minimum Gasteiger partial charge on any atom is -0.455 e. The van der Waals surface area contributed by atoms with Gasteiger partial charge in [-0.25, -0.2) is 0 Å². The van der Waals surface area contributed by atoms with Gasteiger partial charge in [-0.05, 0) is 57.9 Å². The molecule has 0 saturated heterocycles. The summed E-state index contributed by atoms with van der Waals surface area (Å²) < 4.78 is 5.22. The highest BCUT2D eigenvalue weighted by molar-refractivity contribution is 5.76. The van der Waals surface area contributed by atoms with Crippen molar-refractivity contribution < 1.29 is 19.1 Å². The Balaban J connectivity index is 3.99. The van der Waals surface area contributed by atoms with Crippen LogP contribution in [0.2, 0.25) is 0 Å². The van der Waals surface area contributed by atoms with Gasteiger partial charge in [-0.1, -0.05) is 58.1 Å². The summed E-state index contributed by atoms with van der Waals surface area (Å²) in [6, 6.07) is 0.313. The van der Waals surface area contributed by atoms with E-state index in [9.17, 15) is 14.4 Å². The van der Waals surface area contributed by atoms with E-state index in [1.54, 1.807) is 0 Å². The molecular formula is C25H46N2O4. The van der Waals surface area contributed by atoms with Gasteiger partial charge in [-0.2, -0.15) is 0 Å². The number of nitrogens with two attached hydrogens (primary N) is 1. The van der Waals surface area contributed by atoms with Crippen LogP contribution in [0.1, 0.15) is 110 Å². The van der Waals surface area contributed by atoms with Crippen molar-refractivity contribution in [3.05, 3.63) is 12.2 Å². The van der Waals surface area contributed by atoms with Crippen molar-refractivity contribution in [3.63, 3.8) is 0 Å². The summed E-state index contributed by atoms with van der Waals surface area (Å²) in [5, 5.41) is 3.47. The number of carbonyl (C=O) groups excluding carboxylic acids is 3. The van der Waals surface area contributed by atoms with E-state index in [1.165, 1.54) is 44.9 Å². The van der Waals surface area contributed by atoms with Gasteiger partial charge in [-0.15, -0.1) is 0 Å². The van der Waals surface area contributed by atoms with Gasteiger partial charge in [-0.3, -0.25) is 14.4 Å². The molecule has 0 bridgehead atoms. The third-order valence-electron chi connectivity index (χ3n) is 5.35. The second-order valence-corrected chi connectivity index (χ2v) is 8.27. The first kappa shape index (κ1) is 29.3. The van der Waals surface area contributed by atoms with Crippen LogP contribution in [0.15, 0.2) is 12.2 Å². The maximum atomic E-state index is 11.8. The standard InChI is InChI=1S/C25H46N2O4/c1-3-5-6-7-8-9-10-11-12-13-14-16-22(27-4-2)19-20-23(21-28)31-25(30)18-15-17-24(26)29/h11-12,21-23,27H,3-10,13-20H2,1-2H3,(H2,26,29)/b12-11-. The van der Waals surface area contributed by atoms with Crippen LogP contribution >= 0.6 is 0 Å². The average Bonchev–Trinajstić information content (AvgIpc) is 2.74. The van der Waals surface area contributed by atoms with E-state index in [-0.39, 0.29) is 12.8 Å². The molecular weight excluding hydrogens is 392 g/mol. The van der Waals surface area contributed by atoms with Crippen LogP contribution in [0.25, 0.3) is 0 Å². The topological polar surface area (TPSA) is 98.5 Å². The maximum Gasteiger partial charge on any atom is 0.306 e. The molecule has 0 aliphatic heterocycles. The van der Waals surface area contributed by atoms with E-state index >= 15 is 0 Å².